The number of nitrogens with one attached hydrogen (secondary N) is 1. The quantitative estimate of drug-likeness (QED) is 0.900. The van der Waals surface area contributed by atoms with Crippen LogP contribution in [0.1, 0.15) is 42.4 Å². The Hall–Kier alpha value is -2.62. The number of rotatable bonds is 5. The zero-order chi connectivity index (χ0) is 17.3. The molecule has 0 saturated carbocycles. The molecule has 24 heavy (non-hydrogen) atoms. The van der Waals surface area contributed by atoms with Crippen molar-refractivity contribution in [2.75, 3.05) is 10.4 Å². The molecule has 0 aliphatic carbocycles. The zero-order valence-electron chi connectivity index (χ0n) is 14.3. The zero-order valence-corrected chi connectivity index (χ0v) is 14.3. The van der Waals surface area contributed by atoms with Crippen molar-refractivity contribution in [1.29, 1.82) is 0 Å². The van der Waals surface area contributed by atoms with Crippen LogP contribution in [-0.4, -0.2) is 11.7 Å². The number of fused-ring (bicyclic) bond motifs is 1. The third-order valence-electron chi connectivity index (χ3n) is 4.59. The molecule has 1 aliphatic heterocycles. The lowest BCUT2D eigenvalue weighted by Crippen LogP contribution is -2.35. The van der Waals surface area contributed by atoms with E-state index in [-0.39, 0.29) is 18.1 Å². The smallest absolute Gasteiger partial charge is 0.253 e. The van der Waals surface area contributed by atoms with Gasteiger partial charge in [-0.2, -0.15) is 0 Å². The Labute approximate surface area is 142 Å². The summed E-state index contributed by atoms with van der Waals surface area (Å²) in [6.07, 6.45) is 0.716. The summed E-state index contributed by atoms with van der Waals surface area (Å²) in [4.78, 5) is 24.9. The van der Waals surface area contributed by atoms with Crippen molar-refractivity contribution in [3.8, 4) is 0 Å². The molecule has 124 valence electrons. The first-order valence-electron chi connectivity index (χ1n) is 8.30. The van der Waals surface area contributed by atoms with E-state index in [2.05, 4.69) is 5.43 Å². The van der Waals surface area contributed by atoms with Gasteiger partial charge in [-0.3, -0.25) is 15.0 Å². The fraction of sp³-hybridized carbons (Fsp3) is 0.300. The molecule has 1 heterocycles. The number of carbonyl (C=O) groups is 2. The molecule has 4 nitrogen and oxygen atoms in total. The molecule has 2 aromatic carbocycles. The van der Waals surface area contributed by atoms with Gasteiger partial charge in [0.1, 0.15) is 5.78 Å². The van der Waals surface area contributed by atoms with E-state index in [0.717, 1.165) is 28.1 Å². The highest BCUT2D eigenvalue weighted by atomic mass is 16.2. The minimum absolute atomic E-state index is 0.0654. The molecule has 0 bridgehead atoms. The number of hydrogen-bond acceptors (Lipinski definition) is 3. The topological polar surface area (TPSA) is 49.4 Å². The van der Waals surface area contributed by atoms with Crippen LogP contribution in [0.2, 0.25) is 0 Å². The molecule has 0 radical (unpaired) electrons. The number of anilines is 2. The number of amides is 1. The van der Waals surface area contributed by atoms with Crippen LogP contribution in [0.3, 0.4) is 0 Å². The Bertz CT molecular complexity index is 798. The number of hydrazine groups is 1. The van der Waals surface area contributed by atoms with Crippen LogP contribution in [-0.2, 0) is 9.59 Å². The lowest BCUT2D eigenvalue weighted by Gasteiger charge is -2.22. The average molecular weight is 322 g/mol. The summed E-state index contributed by atoms with van der Waals surface area (Å²) in [5.74, 6) is -0.355. The summed E-state index contributed by atoms with van der Waals surface area (Å²) in [5.41, 5.74) is 8.03. The van der Waals surface area contributed by atoms with E-state index >= 15 is 0 Å². The summed E-state index contributed by atoms with van der Waals surface area (Å²) < 4.78 is 0. The molecule has 2 aromatic rings. The Balaban J connectivity index is 2.00. The van der Waals surface area contributed by atoms with Crippen LogP contribution in [0.5, 0.6) is 0 Å². The van der Waals surface area contributed by atoms with Gasteiger partial charge in [0.2, 0.25) is 0 Å². The van der Waals surface area contributed by atoms with Crippen molar-refractivity contribution < 1.29 is 9.59 Å². The second-order valence-electron chi connectivity index (χ2n) is 6.26. The normalized spacial score (nSPS) is 16.2. The van der Waals surface area contributed by atoms with Crippen molar-refractivity contribution in [3.63, 3.8) is 0 Å². The van der Waals surface area contributed by atoms with E-state index < -0.39 is 5.92 Å². The monoisotopic (exact) mass is 322 g/mol. The lowest BCUT2D eigenvalue weighted by molar-refractivity contribution is -0.124. The molecule has 1 atom stereocenters. The Morgan fingerprint density at radius 2 is 1.79 bits per heavy atom. The molecule has 1 N–H and O–H groups in total. The number of para-hydroxylation sites is 2. The van der Waals surface area contributed by atoms with Crippen molar-refractivity contribution in [2.24, 2.45) is 0 Å². The number of aryl methyl sites for hydroxylation is 2. The maximum Gasteiger partial charge on any atom is 0.253 e. The predicted molar refractivity (Wildman–Crippen MR) is 96.1 cm³/mol. The molecule has 1 aliphatic rings. The van der Waals surface area contributed by atoms with Crippen LogP contribution < -0.4 is 10.4 Å². The standard InChI is InChI=1S/C20H22N2O2/c1-4-15(23)12-17-16-10-7-9-14(3)19(16)22(20(17)24)21-18-11-6-5-8-13(18)2/h5-11,17,21H,4,12H2,1-3H3. The van der Waals surface area contributed by atoms with Crippen LogP contribution in [0.25, 0.3) is 0 Å². The van der Waals surface area contributed by atoms with E-state index in [4.69, 9.17) is 0 Å². The number of Topliss-reactive ketones (excluding diaryl/α,β-unsaturated/α-hetero) is 1. The van der Waals surface area contributed by atoms with Gasteiger partial charge in [-0.1, -0.05) is 43.3 Å². The fourth-order valence-corrected chi connectivity index (χ4v) is 3.17. The van der Waals surface area contributed by atoms with Crippen LogP contribution in [0.4, 0.5) is 11.4 Å². The van der Waals surface area contributed by atoms with E-state index in [0.29, 0.717) is 6.42 Å². The number of nitrogens with zero attached hydrogens (tertiary/aromatic N) is 1. The van der Waals surface area contributed by atoms with E-state index in [9.17, 15) is 9.59 Å². The van der Waals surface area contributed by atoms with Gasteiger partial charge in [-0.15, -0.1) is 0 Å². The van der Waals surface area contributed by atoms with Gasteiger partial charge < -0.3 is 0 Å². The number of hydrogen-bond donors (Lipinski definition) is 1. The maximum atomic E-state index is 13.0. The summed E-state index contributed by atoms with van der Waals surface area (Å²) in [6.45, 7) is 5.82. The van der Waals surface area contributed by atoms with E-state index in [1.54, 1.807) is 5.01 Å². The van der Waals surface area contributed by atoms with Gasteiger partial charge in [0, 0.05) is 12.8 Å². The van der Waals surface area contributed by atoms with Gasteiger partial charge in [-0.25, -0.2) is 5.01 Å². The first kappa shape index (κ1) is 16.2. The van der Waals surface area contributed by atoms with E-state index in [1.165, 1.54) is 0 Å². The molecular formula is C20H22N2O2. The van der Waals surface area contributed by atoms with Gasteiger partial charge in [0.25, 0.3) is 5.91 Å². The third-order valence-corrected chi connectivity index (χ3v) is 4.59. The number of ketones is 1. The second-order valence-corrected chi connectivity index (χ2v) is 6.26. The highest BCUT2D eigenvalue weighted by Gasteiger charge is 2.39. The molecule has 0 aromatic heterocycles. The summed E-state index contributed by atoms with van der Waals surface area (Å²) >= 11 is 0. The van der Waals surface area contributed by atoms with E-state index in [1.807, 2.05) is 63.2 Å². The molecule has 1 amide bonds. The molecule has 0 fully saturated rings. The highest BCUT2D eigenvalue weighted by Crippen LogP contribution is 2.41. The molecule has 0 spiro atoms. The van der Waals surface area contributed by atoms with Gasteiger partial charge in [0.05, 0.1) is 17.3 Å². The molecule has 0 saturated heterocycles. The van der Waals surface area contributed by atoms with Crippen LogP contribution in [0, 0.1) is 13.8 Å². The number of carbonyl (C=O) groups excluding carboxylic acids is 2. The molecular weight excluding hydrogens is 300 g/mol. The lowest BCUT2D eigenvalue weighted by atomic mass is 9.93. The van der Waals surface area contributed by atoms with Gasteiger partial charge in [0.15, 0.2) is 0 Å². The van der Waals surface area contributed by atoms with Crippen molar-refractivity contribution in [3.05, 3.63) is 59.2 Å². The highest BCUT2D eigenvalue weighted by molar-refractivity contribution is 6.08. The molecule has 1 unspecified atom stereocenters. The summed E-state index contributed by atoms with van der Waals surface area (Å²) in [7, 11) is 0. The molecule has 3 rings (SSSR count). The largest absolute Gasteiger partial charge is 0.300 e. The van der Waals surface area contributed by atoms with Crippen LogP contribution in [0.15, 0.2) is 42.5 Å². The Morgan fingerprint density at radius 3 is 2.50 bits per heavy atom. The summed E-state index contributed by atoms with van der Waals surface area (Å²) in [6, 6.07) is 13.7. The number of benzene rings is 2. The van der Waals surface area contributed by atoms with Crippen molar-refractivity contribution in [2.45, 2.75) is 39.5 Å². The third kappa shape index (κ3) is 2.80. The van der Waals surface area contributed by atoms with Crippen LogP contribution >= 0.6 is 0 Å². The Kier molecular flexibility index (Phi) is 4.38. The second kappa shape index (κ2) is 6.48. The first-order valence-corrected chi connectivity index (χ1v) is 8.30. The van der Waals surface area contributed by atoms with Crippen molar-refractivity contribution in [1.82, 2.24) is 0 Å². The summed E-state index contributed by atoms with van der Waals surface area (Å²) in [5, 5.41) is 1.61. The predicted octanol–water partition coefficient (Wildman–Crippen LogP) is 4.13. The minimum atomic E-state index is -0.399. The van der Waals surface area contributed by atoms with Gasteiger partial charge >= 0.3 is 0 Å². The minimum Gasteiger partial charge on any atom is -0.300 e. The maximum absolute atomic E-state index is 13.0. The first-order chi connectivity index (χ1) is 11.5. The SMILES string of the molecule is CCC(=O)CC1C(=O)N(Nc2ccccc2C)c2c(C)cccc21. The Morgan fingerprint density at radius 1 is 1.08 bits per heavy atom. The van der Waals surface area contributed by atoms with Crippen molar-refractivity contribution >= 4 is 23.1 Å². The van der Waals surface area contributed by atoms with Gasteiger partial charge in [-0.05, 0) is 36.6 Å². The average Bonchev–Trinajstić information content (AvgIpc) is 2.83. The fourth-order valence-electron chi connectivity index (χ4n) is 3.17. The molecule has 4 heteroatoms.